The van der Waals surface area contributed by atoms with Crippen LogP contribution in [0.5, 0.6) is 0 Å². The lowest BCUT2D eigenvalue weighted by Crippen LogP contribution is -1.96. The molecule has 0 fully saturated rings. The van der Waals surface area contributed by atoms with Crippen molar-refractivity contribution in [2.45, 2.75) is 6.92 Å². The fourth-order valence-corrected chi connectivity index (χ4v) is 0.588. The quantitative estimate of drug-likeness (QED) is 0.393. The maximum atomic E-state index is 10.3. The van der Waals surface area contributed by atoms with Crippen LogP contribution in [-0.2, 0) is 4.57 Å². The first-order valence-electron chi connectivity index (χ1n) is 2.66. The first-order chi connectivity index (χ1) is 4.48. The van der Waals surface area contributed by atoms with Gasteiger partial charge in [-0.25, -0.2) is 0 Å². The van der Waals surface area contributed by atoms with Crippen LogP contribution < -0.4 is 0 Å². The van der Waals surface area contributed by atoms with E-state index in [0.29, 0.717) is 0 Å². The Morgan fingerprint density at radius 1 is 1.60 bits per heavy atom. The largest absolute Gasteiger partial charge is 0.394 e. The molecular weight excluding hydrogens is 157 g/mol. The van der Waals surface area contributed by atoms with E-state index in [1.54, 1.807) is 0 Å². The molecule has 0 aliphatic rings. The molecule has 0 radical (unpaired) electrons. The highest BCUT2D eigenvalue weighted by molar-refractivity contribution is 7.70. The van der Waals surface area contributed by atoms with E-state index in [0.717, 1.165) is 0 Å². The summed E-state index contributed by atoms with van der Waals surface area (Å²) in [5.41, 5.74) is -0.235. The van der Waals surface area contributed by atoms with E-state index >= 15 is 0 Å². The van der Waals surface area contributed by atoms with Gasteiger partial charge in [0.25, 0.3) is 0 Å². The molecule has 0 saturated heterocycles. The standard InChI is InChI=1S/C4H10NO4P/c1-4(5-2-3-6)10(7,8)9/h6H,2-3H2,1H3,(H2,7,8,9). The Hall–Kier alpha value is -0.220. The molecular formula is C4H10NO4P. The van der Waals surface area contributed by atoms with E-state index in [-0.39, 0.29) is 18.6 Å². The molecule has 3 N–H and O–H groups in total. The average Bonchev–Trinajstić information content (AvgIpc) is 1.80. The van der Waals surface area contributed by atoms with Crippen molar-refractivity contribution in [2.75, 3.05) is 13.2 Å². The zero-order valence-corrected chi connectivity index (χ0v) is 6.45. The normalized spacial score (nSPS) is 13.8. The highest BCUT2D eigenvalue weighted by Crippen LogP contribution is 2.35. The molecule has 10 heavy (non-hydrogen) atoms. The Labute approximate surface area is 58.6 Å². The Morgan fingerprint density at radius 2 is 2.10 bits per heavy atom. The van der Waals surface area contributed by atoms with Gasteiger partial charge in [0.1, 0.15) is 5.45 Å². The van der Waals surface area contributed by atoms with E-state index in [1.165, 1.54) is 6.92 Å². The van der Waals surface area contributed by atoms with E-state index in [9.17, 15) is 4.57 Å². The first kappa shape index (κ1) is 9.78. The molecule has 0 aliphatic carbocycles. The molecule has 0 heterocycles. The third-order valence-corrected chi connectivity index (χ3v) is 1.85. The number of hydrogen-bond donors (Lipinski definition) is 3. The SMILES string of the molecule is CC(=NCCO)P(=O)(O)O. The predicted molar refractivity (Wildman–Crippen MR) is 37.1 cm³/mol. The van der Waals surface area contributed by atoms with Gasteiger partial charge in [0, 0.05) is 0 Å². The summed E-state index contributed by atoms with van der Waals surface area (Å²) < 4.78 is 10.3. The molecule has 0 bridgehead atoms. The predicted octanol–water partition coefficient (Wildman–Crippen LogP) is -0.425. The van der Waals surface area contributed by atoms with Gasteiger partial charge in [0.05, 0.1) is 13.2 Å². The van der Waals surface area contributed by atoms with Crippen molar-refractivity contribution in [3.8, 4) is 0 Å². The van der Waals surface area contributed by atoms with Gasteiger partial charge >= 0.3 is 7.60 Å². The van der Waals surface area contributed by atoms with Gasteiger partial charge in [-0.15, -0.1) is 0 Å². The zero-order chi connectivity index (χ0) is 8.20. The van der Waals surface area contributed by atoms with E-state index in [4.69, 9.17) is 14.9 Å². The topological polar surface area (TPSA) is 90.1 Å². The summed E-state index contributed by atoms with van der Waals surface area (Å²) in [6, 6.07) is 0. The summed E-state index contributed by atoms with van der Waals surface area (Å²) in [7, 11) is -4.15. The van der Waals surface area contributed by atoms with Crippen molar-refractivity contribution in [2.24, 2.45) is 4.99 Å². The van der Waals surface area contributed by atoms with Gasteiger partial charge in [0.15, 0.2) is 0 Å². The van der Waals surface area contributed by atoms with Gasteiger partial charge in [-0.1, -0.05) is 0 Å². The van der Waals surface area contributed by atoms with Crippen molar-refractivity contribution in [3.05, 3.63) is 0 Å². The molecule has 0 aromatic carbocycles. The summed E-state index contributed by atoms with van der Waals surface area (Å²) in [5.74, 6) is 0. The maximum absolute atomic E-state index is 10.3. The van der Waals surface area contributed by atoms with Gasteiger partial charge in [-0.2, -0.15) is 0 Å². The molecule has 0 amide bonds. The number of hydrogen-bond acceptors (Lipinski definition) is 3. The van der Waals surface area contributed by atoms with E-state index in [2.05, 4.69) is 4.99 Å². The minimum Gasteiger partial charge on any atom is -0.394 e. The van der Waals surface area contributed by atoms with E-state index in [1.807, 2.05) is 0 Å². The van der Waals surface area contributed by atoms with Crippen LogP contribution >= 0.6 is 7.60 Å². The molecule has 5 nitrogen and oxygen atoms in total. The van der Waals surface area contributed by atoms with Crippen LogP contribution in [0.4, 0.5) is 0 Å². The Bertz CT molecular complexity index is 172. The lowest BCUT2D eigenvalue weighted by Gasteiger charge is -2.00. The molecule has 6 heteroatoms. The third kappa shape index (κ3) is 3.74. The minimum atomic E-state index is -4.15. The number of aliphatic imine (C=N–C) groups is 1. The van der Waals surface area contributed by atoms with Crippen molar-refractivity contribution >= 4 is 13.0 Å². The van der Waals surface area contributed by atoms with Gasteiger partial charge in [-0.05, 0) is 6.92 Å². The van der Waals surface area contributed by atoms with Crippen LogP contribution in [0.25, 0.3) is 0 Å². The lowest BCUT2D eigenvalue weighted by atomic mass is 10.7. The fraction of sp³-hybridized carbons (Fsp3) is 0.750. The molecule has 0 aliphatic heterocycles. The Balaban J connectivity index is 4.07. The summed E-state index contributed by atoms with van der Waals surface area (Å²) >= 11 is 0. The summed E-state index contributed by atoms with van der Waals surface area (Å²) in [5, 5.41) is 8.22. The van der Waals surface area contributed by atoms with Crippen molar-refractivity contribution < 1.29 is 19.5 Å². The number of aliphatic hydroxyl groups is 1. The second kappa shape index (κ2) is 3.83. The maximum Gasteiger partial charge on any atom is 0.369 e. The van der Waals surface area contributed by atoms with Crippen LogP contribution in [0.3, 0.4) is 0 Å². The molecule has 0 rings (SSSR count). The lowest BCUT2D eigenvalue weighted by molar-refractivity contribution is 0.307. The highest BCUT2D eigenvalue weighted by Gasteiger charge is 2.16. The van der Waals surface area contributed by atoms with E-state index < -0.39 is 7.60 Å². The number of rotatable bonds is 3. The Morgan fingerprint density at radius 3 is 2.40 bits per heavy atom. The summed E-state index contributed by atoms with van der Waals surface area (Å²) in [4.78, 5) is 20.2. The minimum absolute atomic E-state index is 0.0386. The second-order valence-corrected chi connectivity index (χ2v) is 3.43. The summed E-state index contributed by atoms with van der Waals surface area (Å²) in [6.07, 6.45) is 0. The molecule has 0 aromatic rings. The highest BCUT2D eigenvalue weighted by atomic mass is 31.2. The van der Waals surface area contributed by atoms with Crippen molar-refractivity contribution in [1.29, 1.82) is 0 Å². The number of nitrogens with zero attached hydrogens (tertiary/aromatic N) is 1. The van der Waals surface area contributed by atoms with Crippen molar-refractivity contribution in [1.82, 2.24) is 0 Å². The van der Waals surface area contributed by atoms with Crippen LogP contribution in [-0.4, -0.2) is 33.5 Å². The van der Waals surface area contributed by atoms with Gasteiger partial charge < -0.3 is 14.9 Å². The second-order valence-electron chi connectivity index (χ2n) is 1.70. The molecule has 0 atom stereocenters. The molecule has 0 saturated carbocycles. The van der Waals surface area contributed by atoms with Gasteiger partial charge in [-0.3, -0.25) is 9.56 Å². The summed E-state index contributed by atoms with van der Waals surface area (Å²) in [6.45, 7) is 1.07. The van der Waals surface area contributed by atoms with Crippen LogP contribution in [0.2, 0.25) is 0 Å². The van der Waals surface area contributed by atoms with Gasteiger partial charge in [0.2, 0.25) is 0 Å². The third-order valence-electron chi connectivity index (χ3n) is 0.862. The van der Waals surface area contributed by atoms with Crippen molar-refractivity contribution in [3.63, 3.8) is 0 Å². The number of aliphatic hydroxyl groups excluding tert-OH is 1. The monoisotopic (exact) mass is 167 g/mol. The fourth-order valence-electron chi connectivity index (χ4n) is 0.304. The molecule has 0 spiro atoms. The average molecular weight is 167 g/mol. The first-order valence-corrected chi connectivity index (χ1v) is 4.27. The smallest absolute Gasteiger partial charge is 0.369 e. The Kier molecular flexibility index (Phi) is 3.75. The molecule has 0 aromatic heterocycles. The molecule has 0 unspecified atom stereocenters. The zero-order valence-electron chi connectivity index (χ0n) is 5.56. The van der Waals surface area contributed by atoms with Crippen LogP contribution in [0.15, 0.2) is 4.99 Å². The molecule has 60 valence electrons. The van der Waals surface area contributed by atoms with Crippen LogP contribution in [0.1, 0.15) is 6.92 Å². The van der Waals surface area contributed by atoms with Crippen LogP contribution in [0, 0.1) is 0 Å².